The van der Waals surface area contributed by atoms with Gasteiger partial charge >= 0.3 is 5.63 Å². The molecule has 2 aromatic heterocycles. The van der Waals surface area contributed by atoms with E-state index >= 15 is 0 Å². The van der Waals surface area contributed by atoms with Crippen molar-refractivity contribution in [2.75, 3.05) is 0 Å². The van der Waals surface area contributed by atoms with E-state index in [1.807, 2.05) is 38.1 Å². The highest BCUT2D eigenvalue weighted by Gasteiger charge is 2.11. The Kier molecular flexibility index (Phi) is 3.67. The number of hydrogen-bond donors (Lipinski definition) is 1. The predicted octanol–water partition coefficient (Wildman–Crippen LogP) is 4.35. The minimum absolute atomic E-state index is 0.277. The van der Waals surface area contributed by atoms with Crippen LogP contribution in [0.4, 0.5) is 0 Å². The third kappa shape index (κ3) is 2.68. The Hall–Kier alpha value is -3.65. The number of imidazole rings is 1. The molecule has 0 saturated heterocycles. The van der Waals surface area contributed by atoms with Crippen LogP contribution >= 0.6 is 0 Å². The summed E-state index contributed by atoms with van der Waals surface area (Å²) >= 11 is 0. The standard InChI is InChI=1S/C21H15N3O2/c1-12-7-17-18(8-13(12)2)24-20(23-17)16(11-22)10-15-9-14-5-3-4-6-19(14)26-21(15)25/h3-10H,1-2H3,(H,23,24)/b16-10+. The first-order valence-electron chi connectivity index (χ1n) is 8.17. The number of benzene rings is 2. The molecule has 0 bridgehead atoms. The first-order chi connectivity index (χ1) is 12.5. The molecule has 5 heteroatoms. The van der Waals surface area contributed by atoms with Crippen LogP contribution in [-0.4, -0.2) is 9.97 Å². The quantitative estimate of drug-likeness (QED) is 0.434. The molecule has 4 aromatic rings. The number of hydrogen-bond acceptors (Lipinski definition) is 4. The fourth-order valence-corrected chi connectivity index (χ4v) is 2.88. The second-order valence-electron chi connectivity index (χ2n) is 6.24. The van der Waals surface area contributed by atoms with Crippen LogP contribution in [0.2, 0.25) is 0 Å². The van der Waals surface area contributed by atoms with Crippen LogP contribution in [0.1, 0.15) is 22.5 Å². The molecule has 0 aliphatic rings. The molecule has 0 spiro atoms. The summed E-state index contributed by atoms with van der Waals surface area (Å²) in [4.78, 5) is 19.9. The Morgan fingerprint density at radius 1 is 1.19 bits per heavy atom. The lowest BCUT2D eigenvalue weighted by Gasteiger charge is -1.98. The molecule has 0 fully saturated rings. The molecule has 1 N–H and O–H groups in total. The van der Waals surface area contributed by atoms with Crippen LogP contribution in [0.5, 0.6) is 0 Å². The highest BCUT2D eigenvalue weighted by atomic mass is 16.4. The van der Waals surface area contributed by atoms with E-state index in [1.54, 1.807) is 18.2 Å². The third-order valence-corrected chi connectivity index (χ3v) is 4.44. The second-order valence-corrected chi connectivity index (χ2v) is 6.24. The van der Waals surface area contributed by atoms with Crippen LogP contribution in [0.25, 0.3) is 33.7 Å². The lowest BCUT2D eigenvalue weighted by atomic mass is 10.1. The number of H-pyrrole nitrogens is 1. The zero-order chi connectivity index (χ0) is 18.3. The van der Waals surface area contributed by atoms with Gasteiger partial charge in [0.2, 0.25) is 0 Å². The van der Waals surface area contributed by atoms with Crippen molar-refractivity contribution in [3.05, 3.63) is 75.4 Å². The third-order valence-electron chi connectivity index (χ3n) is 4.44. The predicted molar refractivity (Wildman–Crippen MR) is 102 cm³/mol. The Labute approximate surface area is 149 Å². The number of aromatic amines is 1. The van der Waals surface area contributed by atoms with Gasteiger partial charge in [-0.25, -0.2) is 9.78 Å². The first-order valence-corrected chi connectivity index (χ1v) is 8.17. The van der Waals surface area contributed by atoms with Crippen LogP contribution in [0.15, 0.2) is 51.7 Å². The van der Waals surface area contributed by atoms with E-state index in [4.69, 9.17) is 4.42 Å². The molecule has 0 aliphatic carbocycles. The normalized spacial score (nSPS) is 11.8. The van der Waals surface area contributed by atoms with E-state index in [2.05, 4.69) is 16.0 Å². The molecule has 126 valence electrons. The first kappa shape index (κ1) is 15.9. The lowest BCUT2D eigenvalue weighted by Crippen LogP contribution is -2.03. The Morgan fingerprint density at radius 3 is 2.77 bits per heavy atom. The second kappa shape index (κ2) is 6.01. The van der Waals surface area contributed by atoms with Crippen molar-refractivity contribution >= 4 is 33.7 Å². The Morgan fingerprint density at radius 2 is 1.96 bits per heavy atom. The van der Waals surface area contributed by atoms with Crippen LogP contribution in [0, 0.1) is 25.2 Å². The van der Waals surface area contributed by atoms with Crippen LogP contribution < -0.4 is 5.63 Å². The molecule has 0 saturated carbocycles. The lowest BCUT2D eigenvalue weighted by molar-refractivity contribution is 0.559. The van der Waals surface area contributed by atoms with Gasteiger partial charge in [-0.15, -0.1) is 0 Å². The van der Waals surface area contributed by atoms with Crippen molar-refractivity contribution in [2.24, 2.45) is 0 Å². The maximum atomic E-state index is 12.2. The SMILES string of the molecule is Cc1cc2nc(/C(C#N)=C/c3cc4ccccc4oc3=O)[nH]c2cc1C. The minimum atomic E-state index is -0.487. The summed E-state index contributed by atoms with van der Waals surface area (Å²) in [5.41, 5.74) is 4.54. The number of allylic oxidation sites excluding steroid dienone is 1. The molecule has 2 aromatic carbocycles. The van der Waals surface area contributed by atoms with Crippen LogP contribution in [-0.2, 0) is 0 Å². The summed E-state index contributed by atoms with van der Waals surface area (Å²) in [6.45, 7) is 4.04. The van der Waals surface area contributed by atoms with Gasteiger partial charge in [-0.2, -0.15) is 5.26 Å². The molecule has 0 amide bonds. The number of rotatable bonds is 2. The van der Waals surface area contributed by atoms with E-state index in [1.165, 1.54) is 6.08 Å². The molecule has 5 nitrogen and oxygen atoms in total. The van der Waals surface area contributed by atoms with Gasteiger partial charge in [0.25, 0.3) is 0 Å². The van der Waals surface area contributed by atoms with Gasteiger partial charge in [0.05, 0.1) is 22.2 Å². The maximum Gasteiger partial charge on any atom is 0.343 e. The van der Waals surface area contributed by atoms with Gasteiger partial charge in [0.1, 0.15) is 17.5 Å². The van der Waals surface area contributed by atoms with E-state index in [0.717, 1.165) is 27.5 Å². The van der Waals surface area contributed by atoms with Gasteiger partial charge in [0, 0.05) is 5.39 Å². The molecule has 0 unspecified atom stereocenters. The van der Waals surface area contributed by atoms with Crippen molar-refractivity contribution in [1.82, 2.24) is 9.97 Å². The fourth-order valence-electron chi connectivity index (χ4n) is 2.88. The number of para-hydroxylation sites is 1. The average Bonchev–Trinajstić information content (AvgIpc) is 3.02. The van der Waals surface area contributed by atoms with Gasteiger partial charge in [-0.1, -0.05) is 18.2 Å². The van der Waals surface area contributed by atoms with E-state index in [-0.39, 0.29) is 5.57 Å². The summed E-state index contributed by atoms with van der Waals surface area (Å²) in [7, 11) is 0. The summed E-state index contributed by atoms with van der Waals surface area (Å²) < 4.78 is 5.32. The number of nitrogens with zero attached hydrogens (tertiary/aromatic N) is 2. The number of aromatic nitrogens is 2. The highest BCUT2D eigenvalue weighted by Crippen LogP contribution is 2.22. The monoisotopic (exact) mass is 341 g/mol. The molecule has 0 radical (unpaired) electrons. The topological polar surface area (TPSA) is 82.7 Å². The molecular formula is C21H15N3O2. The molecule has 4 rings (SSSR count). The zero-order valence-electron chi connectivity index (χ0n) is 14.3. The van der Waals surface area contributed by atoms with Crippen molar-refractivity contribution in [3.8, 4) is 6.07 Å². The van der Waals surface area contributed by atoms with Gasteiger partial charge < -0.3 is 9.40 Å². The van der Waals surface area contributed by atoms with Gasteiger partial charge in [0.15, 0.2) is 0 Å². The Balaban J connectivity index is 1.86. The summed E-state index contributed by atoms with van der Waals surface area (Å²) in [5, 5.41) is 10.4. The average molecular weight is 341 g/mol. The smallest absolute Gasteiger partial charge is 0.343 e. The number of aryl methyl sites for hydroxylation is 2. The molecule has 0 aliphatic heterocycles. The van der Waals surface area contributed by atoms with Gasteiger partial charge in [-0.05, 0) is 55.3 Å². The maximum absolute atomic E-state index is 12.2. The number of nitrogens with one attached hydrogen (secondary N) is 1. The number of fused-ring (bicyclic) bond motifs is 2. The molecular weight excluding hydrogens is 326 g/mol. The number of nitriles is 1. The summed E-state index contributed by atoms with van der Waals surface area (Å²) in [5.74, 6) is 0.431. The zero-order valence-corrected chi connectivity index (χ0v) is 14.3. The summed E-state index contributed by atoms with van der Waals surface area (Å²) in [6.07, 6.45) is 1.51. The largest absolute Gasteiger partial charge is 0.422 e. The summed E-state index contributed by atoms with van der Waals surface area (Å²) in [6, 6.07) is 15.1. The molecule has 0 atom stereocenters. The molecule has 2 heterocycles. The fraction of sp³-hybridized carbons (Fsp3) is 0.0952. The van der Waals surface area contributed by atoms with Gasteiger partial charge in [-0.3, -0.25) is 0 Å². The van der Waals surface area contributed by atoms with Crippen molar-refractivity contribution in [2.45, 2.75) is 13.8 Å². The van der Waals surface area contributed by atoms with Crippen molar-refractivity contribution in [1.29, 1.82) is 5.26 Å². The van der Waals surface area contributed by atoms with Crippen molar-refractivity contribution in [3.63, 3.8) is 0 Å². The molecule has 26 heavy (non-hydrogen) atoms. The highest BCUT2D eigenvalue weighted by molar-refractivity contribution is 5.91. The minimum Gasteiger partial charge on any atom is -0.422 e. The van der Waals surface area contributed by atoms with E-state index < -0.39 is 5.63 Å². The Bertz CT molecular complexity index is 1250. The van der Waals surface area contributed by atoms with E-state index in [9.17, 15) is 10.1 Å². The van der Waals surface area contributed by atoms with E-state index in [0.29, 0.717) is 17.0 Å². The van der Waals surface area contributed by atoms with Crippen LogP contribution in [0.3, 0.4) is 0 Å². The van der Waals surface area contributed by atoms with Crippen molar-refractivity contribution < 1.29 is 4.42 Å².